The van der Waals surface area contributed by atoms with Gasteiger partial charge in [0.1, 0.15) is 5.56 Å². The Labute approximate surface area is 112 Å². The Hall–Kier alpha value is -1.77. The third-order valence-corrected chi connectivity index (χ3v) is 2.73. The maximum absolute atomic E-state index is 12.6. The van der Waals surface area contributed by atoms with E-state index in [1.807, 2.05) is 0 Å². The van der Waals surface area contributed by atoms with Crippen LogP contribution in [0.25, 0.3) is 0 Å². The van der Waals surface area contributed by atoms with E-state index in [-0.39, 0.29) is 17.7 Å². The second-order valence-electron chi connectivity index (χ2n) is 3.39. The van der Waals surface area contributed by atoms with Crippen LogP contribution in [0.4, 0.5) is 18.9 Å². The number of carbonyl (C=O) groups excluding carboxylic acids is 2. The zero-order chi connectivity index (χ0) is 14.8. The third-order valence-electron chi connectivity index (χ3n) is 2.22. The van der Waals surface area contributed by atoms with E-state index < -0.39 is 39.3 Å². The fourth-order valence-corrected chi connectivity index (χ4v) is 1.68. The predicted octanol–water partition coefficient (Wildman–Crippen LogP) is 3.00. The van der Waals surface area contributed by atoms with E-state index in [0.29, 0.717) is 6.07 Å². The van der Waals surface area contributed by atoms with Crippen LogP contribution in [0.15, 0.2) is 12.1 Å². The van der Waals surface area contributed by atoms with Gasteiger partial charge in [-0.05, 0) is 6.07 Å². The van der Waals surface area contributed by atoms with Crippen LogP contribution in [0.3, 0.4) is 0 Å². The molecule has 0 radical (unpaired) electrons. The molecule has 1 aromatic carbocycles. The molecule has 0 bridgehead atoms. The van der Waals surface area contributed by atoms with Gasteiger partial charge in [-0.25, -0.2) is 0 Å². The summed E-state index contributed by atoms with van der Waals surface area (Å²) < 4.78 is 37.7. The Morgan fingerprint density at radius 3 is 2.37 bits per heavy atom. The van der Waals surface area contributed by atoms with Gasteiger partial charge in [-0.15, -0.1) is 0 Å². The zero-order valence-electron chi connectivity index (χ0n) is 9.03. The van der Waals surface area contributed by atoms with Crippen molar-refractivity contribution in [2.45, 2.75) is 6.18 Å². The first-order valence-electron chi connectivity index (χ1n) is 4.66. The van der Waals surface area contributed by atoms with Gasteiger partial charge in [-0.3, -0.25) is 19.7 Å². The number of halogens is 4. The molecule has 0 saturated heterocycles. The standard InChI is InChI=1S/C10H5BrF3NO4/c11-3-9(17)6-1-5(10(12,13)14)2-8(15(18)19)7(6)4-16/h1-2,4H,3H2. The molecule has 5 nitrogen and oxygen atoms in total. The summed E-state index contributed by atoms with van der Waals surface area (Å²) in [5, 5.41) is 10.3. The van der Waals surface area contributed by atoms with Crippen molar-refractivity contribution in [1.82, 2.24) is 0 Å². The monoisotopic (exact) mass is 339 g/mol. The van der Waals surface area contributed by atoms with Crippen LogP contribution in [0.1, 0.15) is 26.3 Å². The molecule has 19 heavy (non-hydrogen) atoms. The lowest BCUT2D eigenvalue weighted by molar-refractivity contribution is -0.385. The molecule has 0 spiro atoms. The largest absolute Gasteiger partial charge is 0.416 e. The Morgan fingerprint density at radius 2 is 2.00 bits per heavy atom. The molecule has 1 rings (SSSR count). The third kappa shape index (κ3) is 3.16. The summed E-state index contributed by atoms with van der Waals surface area (Å²) >= 11 is 2.73. The summed E-state index contributed by atoms with van der Waals surface area (Å²) in [5.74, 6) is -0.851. The van der Waals surface area contributed by atoms with Gasteiger partial charge >= 0.3 is 6.18 Å². The van der Waals surface area contributed by atoms with Gasteiger partial charge in [-0.2, -0.15) is 13.2 Å². The number of rotatable bonds is 4. The van der Waals surface area contributed by atoms with E-state index in [1.165, 1.54) is 0 Å². The van der Waals surface area contributed by atoms with Crippen LogP contribution in [-0.2, 0) is 6.18 Å². The van der Waals surface area contributed by atoms with E-state index in [1.54, 1.807) is 0 Å². The Balaban J connectivity index is 3.69. The molecule has 9 heteroatoms. The highest BCUT2D eigenvalue weighted by Gasteiger charge is 2.35. The van der Waals surface area contributed by atoms with Crippen molar-refractivity contribution in [3.63, 3.8) is 0 Å². The number of nitro benzene ring substituents is 1. The molecular weight excluding hydrogens is 335 g/mol. The molecule has 0 saturated carbocycles. The summed E-state index contributed by atoms with van der Waals surface area (Å²) in [5.41, 5.74) is -3.70. The lowest BCUT2D eigenvalue weighted by Crippen LogP contribution is -2.13. The molecule has 0 fully saturated rings. The SMILES string of the molecule is O=Cc1c(C(=O)CBr)cc(C(F)(F)F)cc1[N+](=O)[O-]. The quantitative estimate of drug-likeness (QED) is 0.278. The predicted molar refractivity (Wildman–Crippen MR) is 61.6 cm³/mol. The summed E-state index contributed by atoms with van der Waals surface area (Å²) in [6.45, 7) is 0. The fraction of sp³-hybridized carbons (Fsp3) is 0.200. The van der Waals surface area contributed by atoms with Crippen LogP contribution < -0.4 is 0 Å². The molecule has 0 amide bonds. The van der Waals surface area contributed by atoms with Gasteiger partial charge in [-0.1, -0.05) is 15.9 Å². The second-order valence-corrected chi connectivity index (χ2v) is 3.95. The molecule has 1 aromatic rings. The van der Waals surface area contributed by atoms with Crippen molar-refractivity contribution < 1.29 is 27.7 Å². The Kier molecular flexibility index (Phi) is 4.40. The summed E-state index contributed by atoms with van der Waals surface area (Å²) in [6, 6.07) is 0.662. The number of nitrogens with zero attached hydrogens (tertiary/aromatic N) is 1. The number of alkyl halides is 4. The van der Waals surface area contributed by atoms with Crippen molar-refractivity contribution in [2.24, 2.45) is 0 Å². The normalized spacial score (nSPS) is 11.2. The average Bonchev–Trinajstić information content (AvgIpc) is 2.34. The first kappa shape index (κ1) is 15.3. The summed E-state index contributed by atoms with van der Waals surface area (Å²) in [6.07, 6.45) is -4.86. The first-order valence-corrected chi connectivity index (χ1v) is 5.78. The second kappa shape index (κ2) is 5.47. The Morgan fingerprint density at radius 1 is 1.42 bits per heavy atom. The zero-order valence-corrected chi connectivity index (χ0v) is 10.6. The molecule has 0 aliphatic rings. The molecule has 0 N–H and O–H groups in total. The summed E-state index contributed by atoms with van der Waals surface area (Å²) in [7, 11) is 0. The number of aldehydes is 1. The number of hydrogen-bond acceptors (Lipinski definition) is 4. The van der Waals surface area contributed by atoms with E-state index in [0.717, 1.165) is 0 Å². The van der Waals surface area contributed by atoms with Gasteiger partial charge in [0, 0.05) is 11.6 Å². The van der Waals surface area contributed by atoms with Crippen LogP contribution in [-0.4, -0.2) is 22.3 Å². The number of ketones is 1. The highest BCUT2D eigenvalue weighted by molar-refractivity contribution is 9.09. The molecule has 0 heterocycles. The number of nitro groups is 1. The van der Waals surface area contributed by atoms with E-state index in [4.69, 9.17) is 0 Å². The van der Waals surface area contributed by atoms with E-state index in [9.17, 15) is 32.9 Å². The molecule has 0 unspecified atom stereocenters. The minimum Gasteiger partial charge on any atom is -0.298 e. The van der Waals surface area contributed by atoms with Gasteiger partial charge < -0.3 is 0 Å². The lowest BCUT2D eigenvalue weighted by atomic mass is 9.99. The van der Waals surface area contributed by atoms with E-state index in [2.05, 4.69) is 15.9 Å². The van der Waals surface area contributed by atoms with Crippen molar-refractivity contribution in [1.29, 1.82) is 0 Å². The van der Waals surface area contributed by atoms with Gasteiger partial charge in [0.25, 0.3) is 5.69 Å². The maximum Gasteiger partial charge on any atom is 0.416 e. The van der Waals surface area contributed by atoms with Gasteiger partial charge in [0.2, 0.25) is 0 Å². The van der Waals surface area contributed by atoms with Gasteiger partial charge in [0.15, 0.2) is 12.1 Å². The van der Waals surface area contributed by atoms with Crippen molar-refractivity contribution in [3.8, 4) is 0 Å². The van der Waals surface area contributed by atoms with Crippen molar-refractivity contribution in [2.75, 3.05) is 5.33 Å². The molecule has 0 aliphatic heterocycles. The smallest absolute Gasteiger partial charge is 0.298 e. The number of carbonyl (C=O) groups is 2. The fourth-order valence-electron chi connectivity index (χ4n) is 1.38. The number of hydrogen-bond donors (Lipinski definition) is 0. The maximum atomic E-state index is 12.6. The minimum absolute atomic E-state index is 0.00577. The molecule has 0 aromatic heterocycles. The number of Topliss-reactive ketones (excluding diaryl/α,β-unsaturated/α-hetero) is 1. The van der Waals surface area contributed by atoms with Crippen LogP contribution in [0.2, 0.25) is 0 Å². The highest BCUT2D eigenvalue weighted by atomic mass is 79.9. The molecular formula is C10H5BrF3NO4. The Bertz CT molecular complexity index is 556. The topological polar surface area (TPSA) is 77.3 Å². The van der Waals surface area contributed by atoms with Gasteiger partial charge in [0.05, 0.1) is 15.8 Å². The van der Waals surface area contributed by atoms with Crippen molar-refractivity contribution >= 4 is 33.7 Å². The average molecular weight is 340 g/mol. The van der Waals surface area contributed by atoms with E-state index >= 15 is 0 Å². The minimum atomic E-state index is -4.85. The van der Waals surface area contributed by atoms with Crippen LogP contribution >= 0.6 is 15.9 Å². The van der Waals surface area contributed by atoms with Crippen LogP contribution in [0, 0.1) is 10.1 Å². The highest BCUT2D eigenvalue weighted by Crippen LogP contribution is 2.34. The number of benzene rings is 1. The lowest BCUT2D eigenvalue weighted by Gasteiger charge is -2.10. The molecule has 0 aliphatic carbocycles. The molecule has 102 valence electrons. The summed E-state index contributed by atoms with van der Waals surface area (Å²) in [4.78, 5) is 31.8. The van der Waals surface area contributed by atoms with Crippen molar-refractivity contribution in [3.05, 3.63) is 38.9 Å². The van der Waals surface area contributed by atoms with Crippen LogP contribution in [0.5, 0.6) is 0 Å². The first-order chi connectivity index (χ1) is 8.72. The molecule has 0 atom stereocenters.